The Morgan fingerprint density at radius 3 is 3.04 bits per heavy atom. The highest BCUT2D eigenvalue weighted by atomic mass is 19.1. The van der Waals surface area contributed by atoms with Crippen LogP contribution in [0, 0.1) is 17.1 Å². The van der Waals surface area contributed by atoms with Crippen LogP contribution in [0.25, 0.3) is 0 Å². The van der Waals surface area contributed by atoms with Crippen molar-refractivity contribution in [2.24, 2.45) is 4.99 Å². The zero-order chi connectivity index (χ0) is 19.2. The maximum Gasteiger partial charge on any atom is 0.191 e. The molecule has 142 valence electrons. The van der Waals surface area contributed by atoms with Crippen molar-refractivity contribution in [2.75, 3.05) is 6.54 Å². The second-order valence-corrected chi connectivity index (χ2v) is 6.47. The lowest BCUT2D eigenvalue weighted by molar-refractivity contribution is 0.392. The summed E-state index contributed by atoms with van der Waals surface area (Å²) in [6.07, 6.45) is 2.63. The molecule has 2 aromatic rings. The molecule has 0 radical (unpaired) electrons. The average molecular weight is 369 g/mol. The first-order valence-corrected chi connectivity index (χ1v) is 9.28. The molecule has 0 saturated heterocycles. The van der Waals surface area contributed by atoms with Crippen molar-refractivity contribution in [2.45, 2.75) is 52.2 Å². The smallest absolute Gasteiger partial charge is 0.191 e. The van der Waals surface area contributed by atoms with Crippen LogP contribution in [0.15, 0.2) is 23.2 Å². The van der Waals surface area contributed by atoms with Gasteiger partial charge in [-0.15, -0.1) is 0 Å². The number of halogens is 1. The van der Waals surface area contributed by atoms with Crippen molar-refractivity contribution < 1.29 is 4.39 Å². The Morgan fingerprint density at radius 2 is 2.30 bits per heavy atom. The first kappa shape index (κ1) is 18.8. The number of fused-ring (bicyclic) bond motifs is 1. The van der Waals surface area contributed by atoms with Gasteiger partial charge in [-0.2, -0.15) is 10.4 Å². The summed E-state index contributed by atoms with van der Waals surface area (Å²) in [5.41, 5.74) is 0.832. The van der Waals surface area contributed by atoms with Crippen LogP contribution in [-0.2, 0) is 25.9 Å². The number of hydrogen-bond acceptors (Lipinski definition) is 4. The van der Waals surface area contributed by atoms with Gasteiger partial charge in [-0.3, -0.25) is 0 Å². The molecule has 1 unspecified atom stereocenters. The minimum Gasteiger partial charge on any atom is -0.357 e. The van der Waals surface area contributed by atoms with Crippen LogP contribution in [0.4, 0.5) is 4.39 Å². The number of aromatic nitrogens is 3. The maximum absolute atomic E-state index is 14.0. The summed E-state index contributed by atoms with van der Waals surface area (Å²) in [5, 5.41) is 20.1. The molecule has 2 heterocycles. The summed E-state index contributed by atoms with van der Waals surface area (Å²) in [6, 6.07) is 6.52. The predicted molar refractivity (Wildman–Crippen MR) is 101 cm³/mol. The van der Waals surface area contributed by atoms with E-state index in [-0.39, 0.29) is 18.4 Å². The van der Waals surface area contributed by atoms with Crippen LogP contribution >= 0.6 is 0 Å². The Kier molecular flexibility index (Phi) is 6.01. The molecule has 7 nitrogen and oxygen atoms in total. The second-order valence-electron chi connectivity index (χ2n) is 6.47. The lowest BCUT2D eigenvalue weighted by Gasteiger charge is -2.25. The zero-order valence-corrected chi connectivity index (χ0v) is 15.7. The molecule has 2 N–H and O–H groups in total. The van der Waals surface area contributed by atoms with E-state index in [0.717, 1.165) is 37.5 Å². The van der Waals surface area contributed by atoms with Gasteiger partial charge in [-0.05, 0) is 31.5 Å². The highest BCUT2D eigenvalue weighted by molar-refractivity contribution is 5.80. The van der Waals surface area contributed by atoms with Gasteiger partial charge in [0.05, 0.1) is 24.7 Å². The monoisotopic (exact) mass is 369 g/mol. The number of guanidine groups is 1. The lowest BCUT2D eigenvalue weighted by Crippen LogP contribution is -2.47. The summed E-state index contributed by atoms with van der Waals surface area (Å²) in [6.45, 7) is 5.63. The van der Waals surface area contributed by atoms with Gasteiger partial charge in [0.15, 0.2) is 11.8 Å². The Labute approximate surface area is 158 Å². The van der Waals surface area contributed by atoms with E-state index in [2.05, 4.69) is 25.7 Å². The van der Waals surface area contributed by atoms with Crippen LogP contribution < -0.4 is 10.6 Å². The highest BCUT2D eigenvalue weighted by Crippen LogP contribution is 2.14. The predicted octanol–water partition coefficient (Wildman–Crippen LogP) is 1.92. The van der Waals surface area contributed by atoms with Gasteiger partial charge >= 0.3 is 0 Å². The number of nitrogens with one attached hydrogen (secondary N) is 2. The molecular weight excluding hydrogens is 345 g/mol. The van der Waals surface area contributed by atoms with Gasteiger partial charge in [-0.1, -0.05) is 6.92 Å². The Morgan fingerprint density at radius 1 is 1.44 bits per heavy atom. The molecule has 0 bridgehead atoms. The largest absolute Gasteiger partial charge is 0.357 e. The van der Waals surface area contributed by atoms with Gasteiger partial charge in [0.1, 0.15) is 11.6 Å². The Bertz CT molecular complexity index is 865. The quantitative estimate of drug-likeness (QED) is 0.621. The molecular formula is C19H24FN7. The number of benzene rings is 1. The number of aliphatic imine (C=N–C) groups is 1. The van der Waals surface area contributed by atoms with Crippen LogP contribution in [0.2, 0.25) is 0 Å². The van der Waals surface area contributed by atoms with Gasteiger partial charge in [0.2, 0.25) is 0 Å². The molecule has 0 fully saturated rings. The van der Waals surface area contributed by atoms with E-state index in [9.17, 15) is 4.39 Å². The van der Waals surface area contributed by atoms with Gasteiger partial charge < -0.3 is 10.6 Å². The van der Waals surface area contributed by atoms with Gasteiger partial charge in [-0.25, -0.2) is 19.0 Å². The number of hydrogen-bond donors (Lipinski definition) is 2. The third-order valence-electron chi connectivity index (χ3n) is 4.49. The average Bonchev–Trinajstić information content (AvgIpc) is 3.10. The van der Waals surface area contributed by atoms with Crippen LogP contribution in [-0.4, -0.2) is 33.3 Å². The molecule has 0 amide bonds. The fraction of sp³-hybridized carbons (Fsp3) is 0.474. The maximum atomic E-state index is 14.0. The zero-order valence-electron chi connectivity index (χ0n) is 15.7. The molecule has 27 heavy (non-hydrogen) atoms. The number of aryl methyl sites for hydroxylation is 2. The standard InChI is InChI=1S/C19H24FN7/c1-3-17-25-18-8-6-15(12-27(18)26-17)24-19(22-4-2)23-11-14-9-13(10-21)5-7-16(14)20/h5,7,9,15H,3-4,6,8,11-12H2,1-2H3,(H2,22,23,24). The lowest BCUT2D eigenvalue weighted by atomic mass is 10.1. The SMILES string of the molecule is CCNC(=NCc1cc(C#N)ccc1F)NC1CCc2nc(CC)nn2C1. The molecule has 3 rings (SSSR count). The molecule has 1 aromatic carbocycles. The molecule has 0 spiro atoms. The first-order valence-electron chi connectivity index (χ1n) is 9.28. The van der Waals surface area contributed by atoms with Gasteiger partial charge in [0.25, 0.3) is 0 Å². The van der Waals surface area contributed by atoms with Crippen molar-refractivity contribution in [3.63, 3.8) is 0 Å². The van der Waals surface area contributed by atoms with E-state index in [1.807, 2.05) is 24.6 Å². The fourth-order valence-corrected chi connectivity index (χ4v) is 3.07. The summed E-state index contributed by atoms with van der Waals surface area (Å²) >= 11 is 0. The van der Waals surface area contributed by atoms with Crippen molar-refractivity contribution in [3.05, 3.63) is 46.8 Å². The van der Waals surface area contributed by atoms with Crippen molar-refractivity contribution in [3.8, 4) is 6.07 Å². The topological polar surface area (TPSA) is 90.9 Å². The van der Waals surface area contributed by atoms with E-state index in [0.29, 0.717) is 23.6 Å². The second kappa shape index (κ2) is 8.62. The van der Waals surface area contributed by atoms with Crippen molar-refractivity contribution >= 4 is 5.96 Å². The Hall–Kier alpha value is -2.95. The molecule has 1 aliphatic heterocycles. The van der Waals surface area contributed by atoms with E-state index >= 15 is 0 Å². The summed E-state index contributed by atoms with van der Waals surface area (Å²) in [4.78, 5) is 9.02. The molecule has 8 heteroatoms. The molecule has 1 atom stereocenters. The van der Waals surface area contributed by atoms with Crippen molar-refractivity contribution in [1.29, 1.82) is 5.26 Å². The summed E-state index contributed by atoms with van der Waals surface area (Å²) < 4.78 is 15.9. The number of rotatable bonds is 5. The minimum absolute atomic E-state index is 0.165. The van der Waals surface area contributed by atoms with E-state index in [1.165, 1.54) is 18.2 Å². The number of nitriles is 1. The summed E-state index contributed by atoms with van der Waals surface area (Å²) in [7, 11) is 0. The van der Waals surface area contributed by atoms with Gasteiger partial charge in [0, 0.05) is 31.0 Å². The molecule has 1 aromatic heterocycles. The highest BCUT2D eigenvalue weighted by Gasteiger charge is 2.22. The van der Waals surface area contributed by atoms with E-state index in [1.54, 1.807) is 0 Å². The molecule has 0 saturated carbocycles. The van der Waals surface area contributed by atoms with Crippen LogP contribution in [0.3, 0.4) is 0 Å². The van der Waals surface area contributed by atoms with E-state index in [4.69, 9.17) is 5.26 Å². The van der Waals surface area contributed by atoms with Crippen molar-refractivity contribution in [1.82, 2.24) is 25.4 Å². The number of nitrogens with zero attached hydrogens (tertiary/aromatic N) is 5. The molecule has 0 aliphatic carbocycles. The fourth-order valence-electron chi connectivity index (χ4n) is 3.07. The third-order valence-corrected chi connectivity index (χ3v) is 4.49. The van der Waals surface area contributed by atoms with E-state index < -0.39 is 0 Å². The minimum atomic E-state index is -0.356. The normalized spacial score (nSPS) is 16.5. The third kappa shape index (κ3) is 4.61. The molecule has 1 aliphatic rings. The van der Waals surface area contributed by atoms with Crippen LogP contribution in [0.1, 0.15) is 43.0 Å². The summed E-state index contributed by atoms with van der Waals surface area (Å²) in [5.74, 6) is 2.18. The van der Waals surface area contributed by atoms with Crippen LogP contribution in [0.5, 0.6) is 0 Å². The first-order chi connectivity index (χ1) is 13.1. The Balaban J connectivity index is 1.69.